The molecule has 0 aliphatic carbocycles. The van der Waals surface area contributed by atoms with Crippen molar-refractivity contribution in [2.75, 3.05) is 6.54 Å². The second-order valence-electron chi connectivity index (χ2n) is 5.05. The summed E-state index contributed by atoms with van der Waals surface area (Å²) in [5.41, 5.74) is 0.185. The Hall–Kier alpha value is -2.15. The molecule has 0 aromatic heterocycles. The molecule has 1 unspecified atom stereocenters. The Balaban J connectivity index is 2.25. The average Bonchev–Trinajstić information content (AvgIpc) is 2.64. The van der Waals surface area contributed by atoms with Crippen LogP contribution in [-0.4, -0.2) is 28.6 Å². The first kappa shape index (κ1) is 15.2. The smallest absolute Gasteiger partial charge is 0.270 e. The van der Waals surface area contributed by atoms with Gasteiger partial charge in [0.25, 0.3) is 11.6 Å². The van der Waals surface area contributed by atoms with Gasteiger partial charge in [0, 0.05) is 24.2 Å². The van der Waals surface area contributed by atoms with E-state index in [1.807, 2.05) is 0 Å². The maximum absolute atomic E-state index is 11.9. The third-order valence-electron chi connectivity index (χ3n) is 3.41. The molecule has 7 nitrogen and oxygen atoms in total. The van der Waals surface area contributed by atoms with Gasteiger partial charge in [-0.1, -0.05) is 0 Å². The maximum atomic E-state index is 11.9. The summed E-state index contributed by atoms with van der Waals surface area (Å²) in [6.07, 6.45) is 0.789. The van der Waals surface area contributed by atoms with Crippen LogP contribution in [0.3, 0.4) is 0 Å². The number of nitro benzene ring substituents is 1. The molecule has 0 bridgehead atoms. The first-order valence-corrected chi connectivity index (χ1v) is 6.90. The number of aliphatic hydroxyl groups is 1. The number of carbonyl (C=O) groups is 1. The Morgan fingerprint density at radius 2 is 2.24 bits per heavy atom. The Morgan fingerprint density at radius 1 is 1.48 bits per heavy atom. The summed E-state index contributed by atoms with van der Waals surface area (Å²) in [7, 11) is 0. The fourth-order valence-corrected chi connectivity index (χ4v) is 2.26. The van der Waals surface area contributed by atoms with Gasteiger partial charge in [-0.15, -0.1) is 0 Å². The number of hydrogen-bond donors (Lipinski definition) is 2. The van der Waals surface area contributed by atoms with Gasteiger partial charge in [0.05, 0.1) is 11.0 Å². The van der Waals surface area contributed by atoms with E-state index in [2.05, 4.69) is 5.32 Å². The van der Waals surface area contributed by atoms with Crippen molar-refractivity contribution in [2.24, 2.45) is 0 Å². The van der Waals surface area contributed by atoms with Crippen molar-refractivity contribution in [2.45, 2.75) is 38.4 Å². The topological polar surface area (TPSA) is 102 Å². The molecule has 0 radical (unpaired) electrons. The average molecular weight is 294 g/mol. The van der Waals surface area contributed by atoms with E-state index in [0.717, 1.165) is 12.8 Å². The summed E-state index contributed by atoms with van der Waals surface area (Å²) in [5, 5.41) is 23.3. The van der Waals surface area contributed by atoms with Crippen LogP contribution < -0.4 is 10.1 Å². The standard InChI is InChI=1S/C14H18N2O5/c1-9(17)11-8-10(16(19)20)5-6-12(11)21-13-4-2-3-7-15-14(13)18/h5-6,8-9,13,17H,2-4,7H2,1H3,(H,15,18)/t9-,13?/m1/s1. The largest absolute Gasteiger partial charge is 0.480 e. The van der Waals surface area contributed by atoms with Gasteiger partial charge in [-0.2, -0.15) is 0 Å². The summed E-state index contributed by atoms with van der Waals surface area (Å²) in [6.45, 7) is 2.13. The molecule has 0 spiro atoms. The number of carbonyl (C=O) groups excluding carboxylic acids is 1. The molecule has 1 aromatic rings. The zero-order valence-electron chi connectivity index (χ0n) is 11.7. The molecule has 2 atom stereocenters. The van der Waals surface area contributed by atoms with Gasteiger partial charge in [-0.25, -0.2) is 0 Å². The third kappa shape index (κ3) is 3.69. The molecule has 1 amide bonds. The van der Waals surface area contributed by atoms with E-state index < -0.39 is 17.1 Å². The van der Waals surface area contributed by atoms with E-state index in [4.69, 9.17) is 4.74 Å². The SMILES string of the molecule is C[C@@H](O)c1cc([N+](=O)[O-])ccc1OC1CCCCNC1=O. The molecule has 21 heavy (non-hydrogen) atoms. The Bertz CT molecular complexity index is 544. The predicted octanol–water partition coefficient (Wildman–Crippen LogP) is 1.70. The highest BCUT2D eigenvalue weighted by atomic mass is 16.6. The normalized spacial score (nSPS) is 20.3. The Labute approximate surface area is 122 Å². The van der Waals surface area contributed by atoms with Gasteiger partial charge >= 0.3 is 0 Å². The number of rotatable bonds is 4. The number of aliphatic hydroxyl groups excluding tert-OH is 1. The molecule has 1 aliphatic rings. The van der Waals surface area contributed by atoms with Crippen LogP contribution in [0, 0.1) is 10.1 Å². The molecule has 1 saturated heterocycles. The number of amides is 1. The lowest BCUT2D eigenvalue weighted by molar-refractivity contribution is -0.385. The predicted molar refractivity (Wildman–Crippen MR) is 75.0 cm³/mol. The third-order valence-corrected chi connectivity index (χ3v) is 3.41. The van der Waals surface area contributed by atoms with Crippen molar-refractivity contribution in [3.8, 4) is 5.75 Å². The number of nitrogens with one attached hydrogen (secondary N) is 1. The summed E-state index contributed by atoms with van der Waals surface area (Å²) in [5.74, 6) is 0.111. The second-order valence-corrected chi connectivity index (χ2v) is 5.05. The molecule has 114 valence electrons. The molecule has 1 heterocycles. The molecule has 7 heteroatoms. The number of nitrogens with zero attached hydrogens (tertiary/aromatic N) is 1. The van der Waals surface area contributed by atoms with E-state index in [1.165, 1.54) is 25.1 Å². The Morgan fingerprint density at radius 3 is 2.90 bits per heavy atom. The van der Waals surface area contributed by atoms with Crippen molar-refractivity contribution < 1.29 is 19.6 Å². The number of nitro groups is 1. The number of benzene rings is 1. The van der Waals surface area contributed by atoms with Crippen LogP contribution in [0.25, 0.3) is 0 Å². The molecule has 2 N–H and O–H groups in total. The van der Waals surface area contributed by atoms with E-state index in [-0.39, 0.29) is 11.6 Å². The molecule has 1 fully saturated rings. The first-order valence-electron chi connectivity index (χ1n) is 6.90. The van der Waals surface area contributed by atoms with E-state index in [0.29, 0.717) is 24.3 Å². The Kier molecular flexibility index (Phi) is 4.74. The minimum absolute atomic E-state index is 0.122. The van der Waals surface area contributed by atoms with Crippen LogP contribution in [0.4, 0.5) is 5.69 Å². The maximum Gasteiger partial charge on any atom is 0.270 e. The van der Waals surface area contributed by atoms with Gasteiger partial charge in [0.15, 0.2) is 6.10 Å². The van der Waals surface area contributed by atoms with Gasteiger partial charge in [0.2, 0.25) is 0 Å². The summed E-state index contributed by atoms with van der Waals surface area (Å²) >= 11 is 0. The van der Waals surface area contributed by atoms with Gasteiger partial charge in [0.1, 0.15) is 5.75 Å². The molecule has 1 aliphatic heterocycles. The zero-order chi connectivity index (χ0) is 15.4. The highest BCUT2D eigenvalue weighted by molar-refractivity contribution is 5.81. The molecule has 1 aromatic carbocycles. The summed E-state index contributed by atoms with van der Waals surface area (Å²) in [4.78, 5) is 22.1. The molecule has 2 rings (SSSR count). The monoisotopic (exact) mass is 294 g/mol. The van der Waals surface area contributed by atoms with E-state index in [1.54, 1.807) is 0 Å². The lowest BCUT2D eigenvalue weighted by Crippen LogP contribution is -2.36. The quantitative estimate of drug-likeness (QED) is 0.650. The van der Waals surface area contributed by atoms with Crippen LogP contribution in [0.15, 0.2) is 18.2 Å². The lowest BCUT2D eigenvalue weighted by atomic mass is 10.1. The first-order chi connectivity index (χ1) is 9.99. The summed E-state index contributed by atoms with van der Waals surface area (Å²) < 4.78 is 5.68. The number of non-ortho nitro benzene ring substituents is 1. The molecule has 0 saturated carbocycles. The fourth-order valence-electron chi connectivity index (χ4n) is 2.26. The van der Waals surface area contributed by atoms with Gasteiger partial charge < -0.3 is 15.2 Å². The molecular formula is C14H18N2O5. The van der Waals surface area contributed by atoms with Crippen molar-refractivity contribution in [3.05, 3.63) is 33.9 Å². The minimum atomic E-state index is -0.922. The van der Waals surface area contributed by atoms with Crippen molar-refractivity contribution >= 4 is 11.6 Å². The fraction of sp³-hybridized carbons (Fsp3) is 0.500. The van der Waals surface area contributed by atoms with Crippen LogP contribution in [0.1, 0.15) is 37.9 Å². The number of hydrogen-bond acceptors (Lipinski definition) is 5. The van der Waals surface area contributed by atoms with Crippen LogP contribution in [0.5, 0.6) is 5.75 Å². The zero-order valence-corrected chi connectivity index (χ0v) is 11.7. The van der Waals surface area contributed by atoms with Crippen LogP contribution in [-0.2, 0) is 4.79 Å². The highest BCUT2D eigenvalue weighted by Gasteiger charge is 2.24. The van der Waals surface area contributed by atoms with Crippen molar-refractivity contribution in [1.29, 1.82) is 0 Å². The van der Waals surface area contributed by atoms with Crippen LogP contribution in [0.2, 0.25) is 0 Å². The van der Waals surface area contributed by atoms with Gasteiger partial charge in [-0.3, -0.25) is 14.9 Å². The highest BCUT2D eigenvalue weighted by Crippen LogP contribution is 2.30. The van der Waals surface area contributed by atoms with E-state index >= 15 is 0 Å². The molecular weight excluding hydrogens is 276 g/mol. The minimum Gasteiger partial charge on any atom is -0.480 e. The second kappa shape index (κ2) is 6.53. The van der Waals surface area contributed by atoms with Crippen molar-refractivity contribution in [3.63, 3.8) is 0 Å². The lowest BCUT2D eigenvalue weighted by Gasteiger charge is -2.19. The van der Waals surface area contributed by atoms with Gasteiger partial charge in [-0.05, 0) is 32.3 Å². The van der Waals surface area contributed by atoms with Crippen LogP contribution >= 0.6 is 0 Å². The number of ether oxygens (including phenoxy) is 1. The summed E-state index contributed by atoms with van der Waals surface area (Å²) in [6, 6.07) is 4.00. The van der Waals surface area contributed by atoms with Crippen molar-refractivity contribution in [1.82, 2.24) is 5.32 Å². The van der Waals surface area contributed by atoms with E-state index in [9.17, 15) is 20.0 Å².